The molecule has 1 N–H and O–H groups in total. The van der Waals surface area contributed by atoms with Crippen LogP contribution in [0.4, 0.5) is 16.8 Å². The molecule has 0 spiro atoms. The monoisotopic (exact) mass is 329 g/mol. The average molecular weight is 329 g/mol. The Morgan fingerprint density at radius 1 is 1.48 bits per heavy atom. The summed E-state index contributed by atoms with van der Waals surface area (Å²) in [6.45, 7) is 1.02. The lowest BCUT2D eigenvalue weighted by Crippen LogP contribution is -2.36. The molecule has 3 rings (SSSR count). The summed E-state index contributed by atoms with van der Waals surface area (Å²) >= 11 is 1.27. The first-order valence-corrected chi connectivity index (χ1v) is 7.82. The molecule has 0 aromatic carbocycles. The lowest BCUT2D eigenvalue weighted by Gasteiger charge is -2.20. The Morgan fingerprint density at radius 2 is 2.30 bits per heavy atom. The third kappa shape index (κ3) is 3.07. The minimum atomic E-state index is 0.0320. The maximum absolute atomic E-state index is 11.9. The van der Waals surface area contributed by atoms with Gasteiger partial charge in [0, 0.05) is 26.2 Å². The van der Waals surface area contributed by atoms with Crippen molar-refractivity contribution in [3.8, 4) is 6.07 Å². The van der Waals surface area contributed by atoms with Crippen molar-refractivity contribution in [2.75, 3.05) is 37.4 Å². The number of likely N-dealkylation sites (N-methyl/N-ethyl adjacent to an activating group) is 1. The number of fused-ring (bicyclic) bond motifs is 1. The average Bonchev–Trinajstić information content (AvgIpc) is 3.15. The van der Waals surface area contributed by atoms with Gasteiger partial charge in [-0.25, -0.2) is 15.0 Å². The lowest BCUT2D eigenvalue weighted by atomic mass is 10.2. The highest BCUT2D eigenvalue weighted by Gasteiger charge is 2.26. The Morgan fingerprint density at radius 3 is 3.00 bits per heavy atom. The molecule has 0 aliphatic carbocycles. The summed E-state index contributed by atoms with van der Waals surface area (Å²) in [6, 6.07) is 2.06. The third-order valence-electron chi connectivity index (χ3n) is 3.52. The summed E-state index contributed by atoms with van der Waals surface area (Å²) < 4.78 is 0. The SMILES string of the molecule is CN(C)C(=O)CN1CCc2c(Nc3ncc(C#N)s3)ncnc21. The number of carbonyl (C=O) groups excluding carboxylic acids is 1. The first-order valence-electron chi connectivity index (χ1n) is 7.00. The van der Waals surface area contributed by atoms with Gasteiger partial charge in [-0.2, -0.15) is 5.26 Å². The van der Waals surface area contributed by atoms with Gasteiger partial charge in [-0.15, -0.1) is 0 Å². The molecule has 0 saturated carbocycles. The molecule has 3 heterocycles. The van der Waals surface area contributed by atoms with Crippen molar-refractivity contribution >= 4 is 34.0 Å². The standard InChI is InChI=1S/C14H15N7OS/c1-20(2)11(22)7-21-4-3-10-12(17-8-18-13(10)21)19-14-16-6-9(5-15)23-14/h6,8H,3-4,7H2,1-2H3,(H,16,17,18,19). The second-order valence-electron chi connectivity index (χ2n) is 5.25. The highest BCUT2D eigenvalue weighted by Crippen LogP contribution is 2.32. The molecule has 0 bridgehead atoms. The van der Waals surface area contributed by atoms with E-state index in [0.717, 1.165) is 24.3 Å². The third-order valence-corrected chi connectivity index (χ3v) is 4.34. The number of nitrogens with one attached hydrogen (secondary N) is 1. The lowest BCUT2D eigenvalue weighted by molar-refractivity contribution is -0.127. The van der Waals surface area contributed by atoms with Crippen LogP contribution >= 0.6 is 11.3 Å². The van der Waals surface area contributed by atoms with Gasteiger partial charge in [-0.3, -0.25) is 4.79 Å². The molecule has 1 aliphatic heterocycles. The van der Waals surface area contributed by atoms with Crippen molar-refractivity contribution in [1.82, 2.24) is 19.9 Å². The fourth-order valence-electron chi connectivity index (χ4n) is 2.31. The van der Waals surface area contributed by atoms with E-state index in [1.807, 2.05) is 4.90 Å². The number of hydrogen-bond donors (Lipinski definition) is 1. The summed E-state index contributed by atoms with van der Waals surface area (Å²) in [6.07, 6.45) is 3.75. The predicted octanol–water partition coefficient (Wildman–Crippen LogP) is 0.999. The Bertz CT molecular complexity index is 780. The zero-order valence-corrected chi connectivity index (χ0v) is 13.6. The fraction of sp³-hybridized carbons (Fsp3) is 0.357. The normalized spacial score (nSPS) is 12.7. The van der Waals surface area contributed by atoms with E-state index in [1.54, 1.807) is 19.0 Å². The van der Waals surface area contributed by atoms with Crippen molar-refractivity contribution in [1.29, 1.82) is 5.26 Å². The molecule has 0 unspecified atom stereocenters. The summed E-state index contributed by atoms with van der Waals surface area (Å²) in [4.78, 5) is 28.7. The van der Waals surface area contributed by atoms with Crippen LogP contribution in [0.25, 0.3) is 0 Å². The Balaban J connectivity index is 1.81. The van der Waals surface area contributed by atoms with Gasteiger partial charge in [0.05, 0.1) is 12.7 Å². The Hall–Kier alpha value is -2.73. The molecule has 0 saturated heterocycles. The van der Waals surface area contributed by atoms with E-state index in [4.69, 9.17) is 5.26 Å². The van der Waals surface area contributed by atoms with Gasteiger partial charge < -0.3 is 15.1 Å². The van der Waals surface area contributed by atoms with E-state index in [-0.39, 0.29) is 5.91 Å². The highest BCUT2D eigenvalue weighted by molar-refractivity contribution is 7.16. The molecule has 1 aliphatic rings. The molecule has 23 heavy (non-hydrogen) atoms. The number of hydrogen-bond acceptors (Lipinski definition) is 8. The molecular formula is C14H15N7OS. The molecule has 0 atom stereocenters. The van der Waals surface area contributed by atoms with E-state index < -0.39 is 0 Å². The van der Waals surface area contributed by atoms with Crippen LogP contribution in [-0.4, -0.2) is 52.9 Å². The largest absolute Gasteiger partial charge is 0.347 e. The molecule has 0 radical (unpaired) electrons. The second kappa shape index (κ2) is 6.18. The number of thiazole rings is 1. The Kier molecular flexibility index (Phi) is 4.08. The van der Waals surface area contributed by atoms with Crippen molar-refractivity contribution in [2.45, 2.75) is 6.42 Å². The van der Waals surface area contributed by atoms with E-state index >= 15 is 0 Å². The van der Waals surface area contributed by atoms with Gasteiger partial charge >= 0.3 is 0 Å². The van der Waals surface area contributed by atoms with Crippen molar-refractivity contribution in [3.63, 3.8) is 0 Å². The van der Waals surface area contributed by atoms with Gasteiger partial charge in [0.1, 0.15) is 28.9 Å². The molecule has 8 nitrogen and oxygen atoms in total. The van der Waals surface area contributed by atoms with Crippen LogP contribution in [0.2, 0.25) is 0 Å². The molecule has 2 aromatic heterocycles. The smallest absolute Gasteiger partial charge is 0.241 e. The topological polar surface area (TPSA) is 98.0 Å². The number of nitriles is 1. The minimum Gasteiger partial charge on any atom is -0.347 e. The number of amides is 1. The van der Waals surface area contributed by atoms with Crippen LogP contribution < -0.4 is 10.2 Å². The zero-order valence-electron chi connectivity index (χ0n) is 12.8. The van der Waals surface area contributed by atoms with Gasteiger partial charge in [0.2, 0.25) is 5.91 Å². The number of rotatable bonds is 4. The number of aromatic nitrogens is 3. The molecule has 118 valence electrons. The van der Waals surface area contributed by atoms with E-state index in [9.17, 15) is 4.79 Å². The minimum absolute atomic E-state index is 0.0320. The number of carbonyl (C=O) groups is 1. The summed E-state index contributed by atoms with van der Waals surface area (Å²) in [5, 5.41) is 12.6. The van der Waals surface area contributed by atoms with Gasteiger partial charge in [0.15, 0.2) is 5.13 Å². The quantitative estimate of drug-likeness (QED) is 0.893. The van der Waals surface area contributed by atoms with Crippen LogP contribution in [0.3, 0.4) is 0 Å². The van der Waals surface area contributed by atoms with E-state index in [1.165, 1.54) is 23.9 Å². The van der Waals surface area contributed by atoms with E-state index in [2.05, 4.69) is 26.3 Å². The molecule has 0 fully saturated rings. The number of anilines is 3. The maximum Gasteiger partial charge on any atom is 0.241 e. The van der Waals surface area contributed by atoms with Crippen LogP contribution in [0, 0.1) is 11.3 Å². The zero-order chi connectivity index (χ0) is 16.4. The summed E-state index contributed by atoms with van der Waals surface area (Å²) in [5.41, 5.74) is 0.966. The van der Waals surface area contributed by atoms with Crippen LogP contribution in [-0.2, 0) is 11.2 Å². The first-order chi connectivity index (χ1) is 11.1. The van der Waals surface area contributed by atoms with Crippen LogP contribution in [0.5, 0.6) is 0 Å². The van der Waals surface area contributed by atoms with Gasteiger partial charge in [-0.1, -0.05) is 11.3 Å². The van der Waals surface area contributed by atoms with Crippen molar-refractivity contribution in [3.05, 3.63) is 23.0 Å². The van der Waals surface area contributed by atoms with Crippen LogP contribution in [0.15, 0.2) is 12.5 Å². The van der Waals surface area contributed by atoms with E-state index in [0.29, 0.717) is 22.4 Å². The molecule has 9 heteroatoms. The Labute approximate surface area is 137 Å². The maximum atomic E-state index is 11.9. The predicted molar refractivity (Wildman–Crippen MR) is 86.8 cm³/mol. The van der Waals surface area contributed by atoms with Crippen LogP contribution in [0.1, 0.15) is 10.4 Å². The summed E-state index contributed by atoms with van der Waals surface area (Å²) in [7, 11) is 3.48. The molecule has 1 amide bonds. The van der Waals surface area contributed by atoms with Crippen molar-refractivity contribution in [2.24, 2.45) is 0 Å². The van der Waals surface area contributed by atoms with Gasteiger partial charge in [0.25, 0.3) is 0 Å². The first kappa shape index (κ1) is 15.2. The van der Waals surface area contributed by atoms with Gasteiger partial charge in [-0.05, 0) is 6.42 Å². The highest BCUT2D eigenvalue weighted by atomic mass is 32.1. The van der Waals surface area contributed by atoms with Crippen molar-refractivity contribution < 1.29 is 4.79 Å². The molecular weight excluding hydrogens is 314 g/mol. The second-order valence-corrected chi connectivity index (χ2v) is 6.28. The number of nitrogens with zero attached hydrogens (tertiary/aromatic N) is 6. The molecule has 2 aromatic rings. The fourth-order valence-corrected chi connectivity index (χ4v) is 2.92. The summed E-state index contributed by atoms with van der Waals surface area (Å²) in [5.74, 6) is 1.48.